The van der Waals surface area contributed by atoms with Gasteiger partial charge in [-0.3, -0.25) is 9.78 Å². The molecule has 0 N–H and O–H groups in total. The van der Waals surface area contributed by atoms with E-state index in [1.54, 1.807) is 25.7 Å². The molecule has 2 aromatic heterocycles. The first-order valence-electron chi connectivity index (χ1n) is 9.72. The summed E-state index contributed by atoms with van der Waals surface area (Å²) in [6.45, 7) is 6.85. The molecular formula is C22H25N5O2. The van der Waals surface area contributed by atoms with Crippen molar-refractivity contribution in [2.24, 2.45) is 0 Å². The van der Waals surface area contributed by atoms with Gasteiger partial charge in [-0.2, -0.15) is 0 Å². The zero-order valence-corrected chi connectivity index (χ0v) is 17.0. The highest BCUT2D eigenvalue weighted by Crippen LogP contribution is 2.25. The Bertz CT molecular complexity index is 1010. The molecule has 1 saturated heterocycles. The Morgan fingerprint density at radius 3 is 2.55 bits per heavy atom. The van der Waals surface area contributed by atoms with Gasteiger partial charge in [-0.15, -0.1) is 0 Å². The van der Waals surface area contributed by atoms with Gasteiger partial charge in [-0.1, -0.05) is 6.07 Å². The quantitative estimate of drug-likeness (QED) is 0.684. The lowest BCUT2D eigenvalue weighted by Crippen LogP contribution is -2.49. The molecule has 1 amide bonds. The number of amides is 1. The molecule has 150 valence electrons. The van der Waals surface area contributed by atoms with Gasteiger partial charge in [-0.05, 0) is 32.0 Å². The van der Waals surface area contributed by atoms with Crippen molar-refractivity contribution in [3.8, 4) is 11.4 Å². The van der Waals surface area contributed by atoms with E-state index < -0.39 is 0 Å². The van der Waals surface area contributed by atoms with Crippen LogP contribution in [0.15, 0.2) is 48.9 Å². The van der Waals surface area contributed by atoms with Gasteiger partial charge >= 0.3 is 0 Å². The highest BCUT2D eigenvalue weighted by atomic mass is 16.5. The van der Waals surface area contributed by atoms with Crippen LogP contribution in [0, 0.1) is 13.8 Å². The van der Waals surface area contributed by atoms with Gasteiger partial charge in [0.1, 0.15) is 11.6 Å². The SMILES string of the molecule is COc1cccc(-n2c(C)cc(C(=O)N3CCN(c4cnccn4)CC3)c2C)c1. The van der Waals surface area contributed by atoms with Crippen LogP contribution in [0.25, 0.3) is 5.69 Å². The van der Waals surface area contributed by atoms with Crippen LogP contribution < -0.4 is 9.64 Å². The summed E-state index contributed by atoms with van der Waals surface area (Å²) < 4.78 is 7.45. The minimum Gasteiger partial charge on any atom is -0.497 e. The first kappa shape index (κ1) is 19.0. The number of methoxy groups -OCH3 is 1. The molecule has 0 spiro atoms. The number of carbonyl (C=O) groups excluding carboxylic acids is 1. The summed E-state index contributed by atoms with van der Waals surface area (Å²) in [5.74, 6) is 1.73. The number of hydrogen-bond donors (Lipinski definition) is 0. The highest BCUT2D eigenvalue weighted by Gasteiger charge is 2.26. The smallest absolute Gasteiger partial charge is 0.255 e. The van der Waals surface area contributed by atoms with E-state index in [2.05, 4.69) is 19.4 Å². The van der Waals surface area contributed by atoms with Crippen molar-refractivity contribution in [1.29, 1.82) is 0 Å². The number of aryl methyl sites for hydroxylation is 1. The average Bonchev–Trinajstić information content (AvgIpc) is 3.08. The van der Waals surface area contributed by atoms with Crippen LogP contribution in [-0.2, 0) is 0 Å². The van der Waals surface area contributed by atoms with E-state index in [0.717, 1.165) is 47.3 Å². The largest absolute Gasteiger partial charge is 0.497 e. The second-order valence-electron chi connectivity index (χ2n) is 7.16. The monoisotopic (exact) mass is 391 g/mol. The van der Waals surface area contributed by atoms with Crippen molar-refractivity contribution in [3.05, 3.63) is 65.9 Å². The fourth-order valence-electron chi connectivity index (χ4n) is 3.89. The van der Waals surface area contributed by atoms with Crippen LogP contribution in [0.5, 0.6) is 5.75 Å². The summed E-state index contributed by atoms with van der Waals surface area (Å²) >= 11 is 0. The maximum Gasteiger partial charge on any atom is 0.255 e. The Kier molecular flexibility index (Phi) is 5.20. The molecule has 0 unspecified atom stereocenters. The summed E-state index contributed by atoms with van der Waals surface area (Å²) in [5, 5.41) is 0. The maximum atomic E-state index is 13.2. The Morgan fingerprint density at radius 2 is 1.86 bits per heavy atom. The molecule has 0 saturated carbocycles. The fourth-order valence-corrected chi connectivity index (χ4v) is 3.89. The molecule has 4 rings (SSSR count). The standard InChI is InChI=1S/C22H25N5O2/c1-16-13-20(17(2)27(16)18-5-4-6-19(14-18)29-3)22(28)26-11-9-25(10-12-26)21-15-23-7-8-24-21/h4-8,13-15H,9-12H2,1-3H3. The number of ether oxygens (including phenoxy) is 1. The van der Waals surface area contributed by atoms with E-state index >= 15 is 0 Å². The molecule has 0 bridgehead atoms. The third-order valence-electron chi connectivity index (χ3n) is 5.41. The second-order valence-corrected chi connectivity index (χ2v) is 7.16. The number of rotatable bonds is 4. The molecule has 1 aromatic carbocycles. The van der Waals surface area contributed by atoms with Gasteiger partial charge in [0, 0.05) is 61.7 Å². The van der Waals surface area contributed by atoms with Gasteiger partial charge in [0.15, 0.2) is 0 Å². The number of benzene rings is 1. The van der Waals surface area contributed by atoms with Crippen LogP contribution in [-0.4, -0.2) is 58.6 Å². The number of aromatic nitrogens is 3. The summed E-state index contributed by atoms with van der Waals surface area (Å²) in [6.07, 6.45) is 5.13. The minimum absolute atomic E-state index is 0.0750. The number of carbonyl (C=O) groups is 1. The van der Waals surface area contributed by atoms with E-state index in [1.165, 1.54) is 0 Å². The molecule has 29 heavy (non-hydrogen) atoms. The van der Waals surface area contributed by atoms with Crippen molar-refractivity contribution in [2.45, 2.75) is 13.8 Å². The van der Waals surface area contributed by atoms with E-state index in [0.29, 0.717) is 13.1 Å². The fraction of sp³-hybridized carbons (Fsp3) is 0.318. The van der Waals surface area contributed by atoms with Crippen LogP contribution in [0.3, 0.4) is 0 Å². The normalized spacial score (nSPS) is 14.2. The van der Waals surface area contributed by atoms with Gasteiger partial charge < -0.3 is 19.1 Å². The highest BCUT2D eigenvalue weighted by molar-refractivity contribution is 5.96. The van der Waals surface area contributed by atoms with E-state index in [4.69, 9.17) is 4.74 Å². The summed E-state index contributed by atoms with van der Waals surface area (Å²) in [5.41, 5.74) is 3.71. The number of anilines is 1. The molecule has 1 fully saturated rings. The molecule has 1 aliphatic heterocycles. The van der Waals surface area contributed by atoms with E-state index in [-0.39, 0.29) is 5.91 Å². The topological polar surface area (TPSA) is 63.5 Å². The number of nitrogens with zero attached hydrogens (tertiary/aromatic N) is 5. The molecule has 0 aliphatic carbocycles. The van der Waals surface area contributed by atoms with Crippen molar-refractivity contribution < 1.29 is 9.53 Å². The molecule has 7 nitrogen and oxygen atoms in total. The predicted octanol–water partition coefficient (Wildman–Crippen LogP) is 2.86. The van der Waals surface area contributed by atoms with Gasteiger partial charge in [0.2, 0.25) is 0 Å². The molecule has 0 atom stereocenters. The molecule has 7 heteroatoms. The molecule has 3 heterocycles. The van der Waals surface area contributed by atoms with E-state index in [9.17, 15) is 4.79 Å². The third-order valence-corrected chi connectivity index (χ3v) is 5.41. The maximum absolute atomic E-state index is 13.2. The first-order chi connectivity index (χ1) is 14.1. The summed E-state index contributed by atoms with van der Waals surface area (Å²) in [4.78, 5) is 25.8. The number of hydrogen-bond acceptors (Lipinski definition) is 5. The Morgan fingerprint density at radius 1 is 1.07 bits per heavy atom. The van der Waals surface area contributed by atoms with Crippen LogP contribution in [0.2, 0.25) is 0 Å². The zero-order valence-electron chi connectivity index (χ0n) is 17.0. The Balaban J connectivity index is 1.53. The Labute approximate surface area is 170 Å². The molecule has 0 radical (unpaired) electrons. The first-order valence-corrected chi connectivity index (χ1v) is 9.72. The summed E-state index contributed by atoms with van der Waals surface area (Å²) in [7, 11) is 1.66. The van der Waals surface area contributed by atoms with Gasteiger partial charge in [-0.25, -0.2) is 4.98 Å². The van der Waals surface area contributed by atoms with Crippen molar-refractivity contribution in [3.63, 3.8) is 0 Å². The molecular weight excluding hydrogens is 366 g/mol. The zero-order chi connectivity index (χ0) is 20.4. The minimum atomic E-state index is 0.0750. The summed E-state index contributed by atoms with van der Waals surface area (Å²) in [6, 6.07) is 9.86. The molecule has 3 aromatic rings. The third kappa shape index (κ3) is 3.68. The lowest BCUT2D eigenvalue weighted by Gasteiger charge is -2.35. The second kappa shape index (κ2) is 7.95. The van der Waals surface area contributed by atoms with Crippen molar-refractivity contribution >= 4 is 11.7 Å². The van der Waals surface area contributed by atoms with Crippen molar-refractivity contribution in [2.75, 3.05) is 38.2 Å². The lowest BCUT2D eigenvalue weighted by atomic mass is 10.2. The molecule has 1 aliphatic rings. The Hall–Kier alpha value is -3.35. The van der Waals surface area contributed by atoms with Gasteiger partial charge in [0.25, 0.3) is 5.91 Å². The van der Waals surface area contributed by atoms with Crippen molar-refractivity contribution in [1.82, 2.24) is 19.4 Å². The van der Waals surface area contributed by atoms with Crippen LogP contribution in [0.4, 0.5) is 5.82 Å². The lowest BCUT2D eigenvalue weighted by molar-refractivity contribution is 0.0746. The van der Waals surface area contributed by atoms with Crippen LogP contribution >= 0.6 is 0 Å². The van der Waals surface area contributed by atoms with Gasteiger partial charge in [0.05, 0.1) is 18.9 Å². The number of piperazine rings is 1. The van der Waals surface area contributed by atoms with Crippen LogP contribution in [0.1, 0.15) is 21.7 Å². The van der Waals surface area contributed by atoms with E-state index in [1.807, 2.05) is 49.1 Å². The average molecular weight is 391 g/mol. The predicted molar refractivity (Wildman–Crippen MR) is 112 cm³/mol.